The van der Waals surface area contributed by atoms with E-state index < -0.39 is 0 Å². The van der Waals surface area contributed by atoms with Crippen molar-refractivity contribution in [3.8, 4) is 11.5 Å². The van der Waals surface area contributed by atoms with Crippen LogP contribution in [-0.2, 0) is 17.8 Å². The molecule has 3 rings (SSSR count). The first kappa shape index (κ1) is 18.7. The van der Waals surface area contributed by atoms with Gasteiger partial charge in [0.25, 0.3) is 0 Å². The molecule has 138 valence electrons. The summed E-state index contributed by atoms with van der Waals surface area (Å²) in [4.78, 5) is 16.4. The summed E-state index contributed by atoms with van der Waals surface area (Å²) in [6, 6.07) is 16.3. The molecule has 0 saturated carbocycles. The van der Waals surface area contributed by atoms with Crippen LogP contribution >= 0.6 is 11.6 Å². The molecule has 5 nitrogen and oxygen atoms in total. The number of hydrogen-bond donors (Lipinski definition) is 1. The fourth-order valence-corrected chi connectivity index (χ4v) is 2.73. The molecule has 0 spiro atoms. The summed E-state index contributed by atoms with van der Waals surface area (Å²) in [6.07, 6.45) is 3.64. The topological polar surface area (TPSA) is 60.5 Å². The lowest BCUT2D eigenvalue weighted by Gasteiger charge is -2.13. The molecule has 27 heavy (non-hydrogen) atoms. The third-order valence-corrected chi connectivity index (χ3v) is 4.24. The van der Waals surface area contributed by atoms with Crippen LogP contribution in [0.2, 0.25) is 5.02 Å². The van der Waals surface area contributed by atoms with E-state index in [0.717, 1.165) is 11.1 Å². The molecule has 1 amide bonds. The van der Waals surface area contributed by atoms with Gasteiger partial charge in [0.05, 0.1) is 13.5 Å². The summed E-state index contributed by atoms with van der Waals surface area (Å²) >= 11 is 6.11. The van der Waals surface area contributed by atoms with Crippen LogP contribution in [0, 0.1) is 0 Å². The maximum Gasteiger partial charge on any atom is 0.228 e. The van der Waals surface area contributed by atoms with Crippen LogP contribution in [-0.4, -0.2) is 18.0 Å². The second-order valence-corrected chi connectivity index (χ2v) is 6.24. The molecule has 0 saturated heterocycles. The molecule has 1 heterocycles. The van der Waals surface area contributed by atoms with Crippen molar-refractivity contribution in [2.75, 3.05) is 12.4 Å². The first-order valence-corrected chi connectivity index (χ1v) is 8.76. The second kappa shape index (κ2) is 9.05. The molecular formula is C21H19ClN2O3. The maximum atomic E-state index is 12.3. The largest absolute Gasteiger partial charge is 0.493 e. The number of hydrogen-bond acceptors (Lipinski definition) is 4. The van der Waals surface area contributed by atoms with Gasteiger partial charge >= 0.3 is 0 Å². The summed E-state index contributed by atoms with van der Waals surface area (Å²) in [5.41, 5.74) is 2.33. The van der Waals surface area contributed by atoms with Crippen LogP contribution in [0.25, 0.3) is 0 Å². The van der Waals surface area contributed by atoms with E-state index in [9.17, 15) is 4.79 Å². The monoisotopic (exact) mass is 382 g/mol. The summed E-state index contributed by atoms with van der Waals surface area (Å²) in [7, 11) is 1.57. The Labute approximate surface area is 162 Å². The van der Waals surface area contributed by atoms with Crippen molar-refractivity contribution in [3.05, 3.63) is 83.1 Å². The van der Waals surface area contributed by atoms with E-state index in [1.54, 1.807) is 43.8 Å². The number of pyridine rings is 1. The fraction of sp³-hybridized carbons (Fsp3) is 0.143. The van der Waals surface area contributed by atoms with Crippen molar-refractivity contribution in [1.29, 1.82) is 0 Å². The number of nitrogens with one attached hydrogen (secondary N) is 1. The van der Waals surface area contributed by atoms with Crippen molar-refractivity contribution in [1.82, 2.24) is 4.98 Å². The minimum Gasteiger partial charge on any atom is -0.493 e. The zero-order valence-corrected chi connectivity index (χ0v) is 15.6. The Morgan fingerprint density at radius 1 is 1.11 bits per heavy atom. The van der Waals surface area contributed by atoms with E-state index in [4.69, 9.17) is 21.1 Å². The van der Waals surface area contributed by atoms with Gasteiger partial charge in [0, 0.05) is 34.7 Å². The zero-order chi connectivity index (χ0) is 19.1. The molecule has 0 aliphatic carbocycles. The third kappa shape index (κ3) is 5.21. The van der Waals surface area contributed by atoms with Crippen LogP contribution in [0.5, 0.6) is 11.5 Å². The molecule has 0 bridgehead atoms. The predicted octanol–water partition coefficient (Wildman–Crippen LogP) is 4.50. The number of benzene rings is 2. The highest BCUT2D eigenvalue weighted by molar-refractivity contribution is 6.31. The quantitative estimate of drug-likeness (QED) is 0.653. The maximum absolute atomic E-state index is 12.3. The molecule has 0 aliphatic heterocycles. The fourth-order valence-electron chi connectivity index (χ4n) is 2.53. The van der Waals surface area contributed by atoms with Crippen molar-refractivity contribution in [2.24, 2.45) is 0 Å². The smallest absolute Gasteiger partial charge is 0.228 e. The molecule has 0 atom stereocenters. The highest BCUT2D eigenvalue weighted by atomic mass is 35.5. The summed E-state index contributed by atoms with van der Waals surface area (Å²) in [5, 5.41) is 3.43. The van der Waals surface area contributed by atoms with Crippen LogP contribution < -0.4 is 14.8 Å². The lowest BCUT2D eigenvalue weighted by atomic mass is 10.1. The van der Waals surface area contributed by atoms with Gasteiger partial charge in [-0.05, 0) is 29.8 Å². The molecule has 6 heteroatoms. The molecule has 3 aromatic rings. The Hall–Kier alpha value is -3.05. The number of anilines is 1. The number of carbonyl (C=O) groups is 1. The standard InChI is InChI=1S/C21H19ClN2O3/c1-26-19-9-8-17(12-20(19)27-14-15-5-4-10-23-13-15)24-21(25)11-16-6-2-3-7-18(16)22/h2-10,12-13H,11,14H2,1H3,(H,24,25). The Balaban J connectivity index is 1.68. The van der Waals surface area contributed by atoms with E-state index in [-0.39, 0.29) is 12.3 Å². The number of aromatic nitrogens is 1. The number of rotatable bonds is 7. The molecule has 1 N–H and O–H groups in total. The highest BCUT2D eigenvalue weighted by Crippen LogP contribution is 2.31. The molecule has 0 fully saturated rings. The number of carbonyl (C=O) groups excluding carboxylic acids is 1. The Morgan fingerprint density at radius 3 is 2.70 bits per heavy atom. The summed E-state index contributed by atoms with van der Waals surface area (Å²) in [5.74, 6) is 0.964. The van der Waals surface area contributed by atoms with E-state index in [0.29, 0.717) is 28.8 Å². The Morgan fingerprint density at radius 2 is 1.96 bits per heavy atom. The second-order valence-electron chi connectivity index (χ2n) is 5.83. The van der Waals surface area contributed by atoms with Crippen LogP contribution in [0.15, 0.2) is 67.0 Å². The first-order valence-electron chi connectivity index (χ1n) is 8.38. The lowest BCUT2D eigenvalue weighted by molar-refractivity contribution is -0.115. The van der Waals surface area contributed by atoms with Crippen molar-refractivity contribution < 1.29 is 14.3 Å². The lowest BCUT2D eigenvalue weighted by Crippen LogP contribution is -2.14. The van der Waals surface area contributed by atoms with Crippen LogP contribution in [0.1, 0.15) is 11.1 Å². The van der Waals surface area contributed by atoms with Gasteiger partial charge in [0.1, 0.15) is 6.61 Å². The van der Waals surface area contributed by atoms with E-state index in [1.165, 1.54) is 0 Å². The van der Waals surface area contributed by atoms with Gasteiger partial charge in [-0.25, -0.2) is 0 Å². The van der Waals surface area contributed by atoms with Crippen LogP contribution in [0.4, 0.5) is 5.69 Å². The zero-order valence-electron chi connectivity index (χ0n) is 14.8. The van der Waals surface area contributed by atoms with Crippen molar-refractivity contribution in [3.63, 3.8) is 0 Å². The number of amides is 1. The average Bonchev–Trinajstić information content (AvgIpc) is 2.69. The molecule has 2 aromatic carbocycles. The number of nitrogens with zero attached hydrogens (tertiary/aromatic N) is 1. The molecule has 0 unspecified atom stereocenters. The average molecular weight is 383 g/mol. The van der Waals surface area contributed by atoms with E-state index in [1.807, 2.05) is 30.3 Å². The van der Waals surface area contributed by atoms with Gasteiger partial charge in [0.15, 0.2) is 11.5 Å². The van der Waals surface area contributed by atoms with Gasteiger partial charge in [-0.15, -0.1) is 0 Å². The van der Waals surface area contributed by atoms with E-state index >= 15 is 0 Å². The molecule has 0 radical (unpaired) electrons. The summed E-state index contributed by atoms with van der Waals surface area (Å²) in [6.45, 7) is 0.348. The SMILES string of the molecule is COc1ccc(NC(=O)Cc2ccccc2Cl)cc1OCc1cccnc1. The van der Waals surface area contributed by atoms with E-state index in [2.05, 4.69) is 10.3 Å². The number of ether oxygens (including phenoxy) is 2. The number of methoxy groups -OCH3 is 1. The van der Waals surface area contributed by atoms with Crippen LogP contribution in [0.3, 0.4) is 0 Å². The minimum atomic E-state index is -0.161. The molecule has 0 aliphatic rings. The van der Waals surface area contributed by atoms with Gasteiger partial charge < -0.3 is 14.8 Å². The predicted molar refractivity (Wildman–Crippen MR) is 105 cm³/mol. The number of halogens is 1. The van der Waals surface area contributed by atoms with Gasteiger partial charge in [0.2, 0.25) is 5.91 Å². The normalized spacial score (nSPS) is 10.3. The van der Waals surface area contributed by atoms with Gasteiger partial charge in [-0.2, -0.15) is 0 Å². The van der Waals surface area contributed by atoms with Crippen molar-refractivity contribution in [2.45, 2.75) is 13.0 Å². The summed E-state index contributed by atoms with van der Waals surface area (Å²) < 4.78 is 11.2. The Kier molecular flexibility index (Phi) is 6.28. The highest BCUT2D eigenvalue weighted by Gasteiger charge is 2.10. The van der Waals surface area contributed by atoms with Gasteiger partial charge in [-0.3, -0.25) is 9.78 Å². The van der Waals surface area contributed by atoms with Crippen molar-refractivity contribution >= 4 is 23.2 Å². The Bertz CT molecular complexity index is 916. The minimum absolute atomic E-state index is 0.161. The molecular weight excluding hydrogens is 364 g/mol. The molecule has 1 aromatic heterocycles. The first-order chi connectivity index (χ1) is 13.2. The van der Waals surface area contributed by atoms with Gasteiger partial charge in [-0.1, -0.05) is 35.9 Å². The third-order valence-electron chi connectivity index (χ3n) is 3.87.